The van der Waals surface area contributed by atoms with Crippen LogP contribution in [-0.4, -0.2) is 8.42 Å². The van der Waals surface area contributed by atoms with E-state index in [1.165, 1.54) is 36.4 Å². The molecule has 7 heteroatoms. The molecule has 0 aliphatic rings. The largest absolute Gasteiger partial charge is 0.399 e. The van der Waals surface area contributed by atoms with Gasteiger partial charge in [-0.05, 0) is 36.4 Å². The van der Waals surface area contributed by atoms with E-state index in [9.17, 15) is 8.42 Å². The third-order valence-electron chi connectivity index (χ3n) is 2.51. The predicted octanol–water partition coefficient (Wildman–Crippen LogP) is 2.59. The maximum atomic E-state index is 12.2. The Morgan fingerprint density at radius 2 is 1.95 bits per heavy atom. The zero-order chi connectivity index (χ0) is 14.8. The van der Waals surface area contributed by atoms with Crippen LogP contribution in [0.5, 0.6) is 0 Å². The van der Waals surface area contributed by atoms with Crippen LogP contribution in [-0.2, 0) is 10.0 Å². The van der Waals surface area contributed by atoms with Crippen molar-refractivity contribution in [3.05, 3.63) is 53.1 Å². The van der Waals surface area contributed by atoms with Crippen LogP contribution >= 0.6 is 11.6 Å². The van der Waals surface area contributed by atoms with E-state index < -0.39 is 10.0 Å². The quantitative estimate of drug-likeness (QED) is 0.852. The molecule has 3 N–H and O–H groups in total. The summed E-state index contributed by atoms with van der Waals surface area (Å²) in [5, 5.41) is 9.30. The normalized spacial score (nSPS) is 10.8. The average Bonchev–Trinajstić information content (AvgIpc) is 2.40. The minimum absolute atomic E-state index is 0.0192. The smallest absolute Gasteiger partial charge is 0.261 e. The fourth-order valence-electron chi connectivity index (χ4n) is 1.58. The van der Waals surface area contributed by atoms with E-state index in [0.29, 0.717) is 10.7 Å². The van der Waals surface area contributed by atoms with Gasteiger partial charge < -0.3 is 5.73 Å². The van der Waals surface area contributed by atoms with Crippen molar-refractivity contribution in [1.29, 1.82) is 5.26 Å². The molecule has 102 valence electrons. The maximum absolute atomic E-state index is 12.2. The molecule has 0 heterocycles. The molecule has 0 aliphatic heterocycles. The Balaban J connectivity index is 2.42. The molecule has 0 bridgehead atoms. The van der Waals surface area contributed by atoms with Crippen molar-refractivity contribution < 1.29 is 8.42 Å². The lowest BCUT2D eigenvalue weighted by molar-refractivity contribution is 0.601. The number of halogens is 1. The SMILES string of the molecule is N#Cc1cc(N)ccc1NS(=O)(=O)c1cccc(Cl)c1. The Morgan fingerprint density at radius 1 is 1.20 bits per heavy atom. The summed E-state index contributed by atoms with van der Waals surface area (Å²) in [5.41, 5.74) is 6.25. The number of nitrogens with zero attached hydrogens (tertiary/aromatic N) is 1. The third kappa shape index (κ3) is 3.02. The Kier molecular flexibility index (Phi) is 3.84. The number of nitrogens with two attached hydrogens (primary N) is 1. The average molecular weight is 308 g/mol. The molecule has 20 heavy (non-hydrogen) atoms. The van der Waals surface area contributed by atoms with E-state index in [0.717, 1.165) is 0 Å². The predicted molar refractivity (Wildman–Crippen MR) is 77.8 cm³/mol. The molecular formula is C13H10ClN3O2S. The van der Waals surface area contributed by atoms with E-state index >= 15 is 0 Å². The van der Waals surface area contributed by atoms with Gasteiger partial charge in [0.2, 0.25) is 0 Å². The van der Waals surface area contributed by atoms with Crippen molar-refractivity contribution in [3.8, 4) is 6.07 Å². The highest BCUT2D eigenvalue weighted by molar-refractivity contribution is 7.92. The first kappa shape index (κ1) is 14.2. The van der Waals surface area contributed by atoms with Crippen molar-refractivity contribution in [2.24, 2.45) is 0 Å². The number of hydrogen-bond donors (Lipinski definition) is 2. The maximum Gasteiger partial charge on any atom is 0.261 e. The Hall–Kier alpha value is -2.23. The number of nitriles is 1. The second kappa shape index (κ2) is 5.41. The lowest BCUT2D eigenvalue weighted by Gasteiger charge is -2.10. The molecule has 0 saturated carbocycles. The van der Waals surface area contributed by atoms with Crippen LogP contribution < -0.4 is 10.5 Å². The van der Waals surface area contributed by atoms with Crippen molar-refractivity contribution in [3.63, 3.8) is 0 Å². The molecule has 0 amide bonds. The monoisotopic (exact) mass is 307 g/mol. The summed E-state index contributed by atoms with van der Waals surface area (Å²) < 4.78 is 26.7. The standard InChI is InChI=1S/C13H10ClN3O2S/c14-10-2-1-3-12(7-10)20(18,19)17-13-5-4-11(16)6-9(13)8-15/h1-7,17H,16H2. The second-order valence-corrected chi connectivity index (χ2v) is 6.10. The van der Waals surface area contributed by atoms with Crippen LogP contribution in [0.15, 0.2) is 47.4 Å². The van der Waals surface area contributed by atoms with Gasteiger partial charge in [-0.2, -0.15) is 5.26 Å². The topological polar surface area (TPSA) is 96.0 Å². The Morgan fingerprint density at radius 3 is 2.60 bits per heavy atom. The van der Waals surface area contributed by atoms with Crippen LogP contribution in [0.25, 0.3) is 0 Å². The molecule has 2 aromatic rings. The molecule has 0 spiro atoms. The highest BCUT2D eigenvalue weighted by Gasteiger charge is 2.16. The molecule has 5 nitrogen and oxygen atoms in total. The minimum atomic E-state index is -3.81. The van der Waals surface area contributed by atoms with Crippen LogP contribution in [0.3, 0.4) is 0 Å². The zero-order valence-electron chi connectivity index (χ0n) is 10.2. The Bertz CT molecular complexity index is 798. The fraction of sp³-hybridized carbons (Fsp3) is 0. The molecule has 0 fully saturated rings. The van der Waals surface area contributed by atoms with Gasteiger partial charge in [-0.15, -0.1) is 0 Å². The van der Waals surface area contributed by atoms with E-state index in [1.54, 1.807) is 6.07 Å². The van der Waals surface area contributed by atoms with Gasteiger partial charge in [0.1, 0.15) is 6.07 Å². The summed E-state index contributed by atoms with van der Waals surface area (Å²) in [6.45, 7) is 0. The summed E-state index contributed by atoms with van der Waals surface area (Å²) in [6.07, 6.45) is 0. The molecule has 0 aliphatic carbocycles. The van der Waals surface area contributed by atoms with E-state index in [-0.39, 0.29) is 16.1 Å². The van der Waals surface area contributed by atoms with E-state index in [1.807, 2.05) is 6.07 Å². The number of hydrogen-bond acceptors (Lipinski definition) is 4. The van der Waals surface area contributed by atoms with Gasteiger partial charge in [0.25, 0.3) is 10.0 Å². The van der Waals surface area contributed by atoms with Gasteiger partial charge >= 0.3 is 0 Å². The third-order valence-corrected chi connectivity index (χ3v) is 4.11. The molecule has 0 unspecified atom stereocenters. The molecule has 2 rings (SSSR count). The van der Waals surface area contributed by atoms with Gasteiger partial charge in [0.05, 0.1) is 16.1 Å². The number of benzene rings is 2. The number of anilines is 2. The highest BCUT2D eigenvalue weighted by Crippen LogP contribution is 2.23. The molecule has 0 atom stereocenters. The van der Waals surface area contributed by atoms with Gasteiger partial charge in [-0.25, -0.2) is 8.42 Å². The van der Waals surface area contributed by atoms with Gasteiger partial charge in [-0.1, -0.05) is 17.7 Å². The molecule has 2 aromatic carbocycles. The number of nitrogens with one attached hydrogen (secondary N) is 1. The van der Waals surface area contributed by atoms with Crippen LogP contribution in [0.1, 0.15) is 5.56 Å². The summed E-state index contributed by atoms with van der Waals surface area (Å²) in [5.74, 6) is 0. The van der Waals surface area contributed by atoms with Crippen LogP contribution in [0, 0.1) is 11.3 Å². The first-order chi connectivity index (χ1) is 9.42. The van der Waals surface area contributed by atoms with Crippen molar-refractivity contribution in [2.45, 2.75) is 4.90 Å². The second-order valence-electron chi connectivity index (χ2n) is 3.98. The summed E-state index contributed by atoms with van der Waals surface area (Å²) in [6, 6.07) is 12.1. The van der Waals surface area contributed by atoms with Crippen molar-refractivity contribution >= 4 is 33.0 Å². The number of sulfonamides is 1. The van der Waals surface area contributed by atoms with E-state index in [4.69, 9.17) is 22.6 Å². The van der Waals surface area contributed by atoms with Gasteiger partial charge in [0, 0.05) is 10.7 Å². The lowest BCUT2D eigenvalue weighted by Crippen LogP contribution is -2.14. The highest BCUT2D eigenvalue weighted by atomic mass is 35.5. The summed E-state index contributed by atoms with van der Waals surface area (Å²) >= 11 is 5.77. The first-order valence-corrected chi connectivity index (χ1v) is 7.36. The fourth-order valence-corrected chi connectivity index (χ4v) is 2.96. The molecule has 0 radical (unpaired) electrons. The number of nitrogen functional groups attached to an aromatic ring is 1. The molecule has 0 saturated heterocycles. The lowest BCUT2D eigenvalue weighted by atomic mass is 10.2. The summed E-state index contributed by atoms with van der Waals surface area (Å²) in [7, 11) is -3.81. The van der Waals surface area contributed by atoms with E-state index in [2.05, 4.69) is 4.72 Å². The Labute approximate surface area is 121 Å². The zero-order valence-corrected chi connectivity index (χ0v) is 11.7. The van der Waals surface area contributed by atoms with Gasteiger partial charge in [0.15, 0.2) is 0 Å². The number of rotatable bonds is 3. The van der Waals surface area contributed by atoms with Crippen molar-refractivity contribution in [2.75, 3.05) is 10.5 Å². The van der Waals surface area contributed by atoms with Crippen molar-refractivity contribution in [1.82, 2.24) is 0 Å². The minimum Gasteiger partial charge on any atom is -0.399 e. The van der Waals surface area contributed by atoms with Crippen LogP contribution in [0.2, 0.25) is 5.02 Å². The summed E-state index contributed by atoms with van der Waals surface area (Å²) in [4.78, 5) is 0.0192. The van der Waals surface area contributed by atoms with Crippen LogP contribution in [0.4, 0.5) is 11.4 Å². The van der Waals surface area contributed by atoms with Gasteiger partial charge in [-0.3, -0.25) is 4.72 Å². The first-order valence-electron chi connectivity index (χ1n) is 5.50. The molecular weight excluding hydrogens is 298 g/mol. The molecule has 0 aromatic heterocycles.